The van der Waals surface area contributed by atoms with Crippen molar-refractivity contribution >= 4 is 23.1 Å². The van der Waals surface area contributed by atoms with Crippen LogP contribution in [0.4, 0.5) is 0 Å². The Hall–Kier alpha value is -0.0600. The second-order valence-corrected chi connectivity index (χ2v) is 7.41. The summed E-state index contributed by atoms with van der Waals surface area (Å²) in [6.45, 7) is 4.68. The molecule has 1 aliphatic rings. The average molecular weight is 242 g/mol. The normalized spacial score (nSPS) is 30.3. The van der Waals surface area contributed by atoms with Crippen molar-refractivity contribution in [3.63, 3.8) is 0 Å². The summed E-state index contributed by atoms with van der Waals surface area (Å²) in [6.07, 6.45) is 5.48. The van der Waals surface area contributed by atoms with Crippen LogP contribution in [0.3, 0.4) is 0 Å². The Balaban J connectivity index is 2.01. The monoisotopic (exact) mass is 242 g/mol. The molecule has 84 valence electrons. The summed E-state index contributed by atoms with van der Waals surface area (Å²) in [4.78, 5) is 4.32. The fourth-order valence-corrected chi connectivity index (χ4v) is 4.41. The number of hydrogen-bond donors (Lipinski definition) is 1. The Morgan fingerprint density at radius 3 is 3.07 bits per heavy atom. The largest absolute Gasteiger partial charge is 0.327 e. The van der Waals surface area contributed by atoms with Crippen LogP contribution in [0.5, 0.6) is 0 Å². The third-order valence-electron chi connectivity index (χ3n) is 3.05. The van der Waals surface area contributed by atoms with E-state index in [1.165, 1.54) is 12.8 Å². The highest BCUT2D eigenvalue weighted by atomic mass is 32.2. The predicted octanol–water partition coefficient (Wildman–Crippen LogP) is 3.14. The van der Waals surface area contributed by atoms with Crippen LogP contribution in [0.2, 0.25) is 0 Å². The van der Waals surface area contributed by atoms with Gasteiger partial charge in [0.15, 0.2) is 0 Å². The van der Waals surface area contributed by atoms with Gasteiger partial charge in [0.1, 0.15) is 4.34 Å². The molecule has 0 aliphatic heterocycles. The number of thiazole rings is 1. The molecule has 0 radical (unpaired) electrons. The van der Waals surface area contributed by atoms with Crippen LogP contribution in [0.1, 0.15) is 33.1 Å². The van der Waals surface area contributed by atoms with Crippen LogP contribution in [-0.4, -0.2) is 16.3 Å². The average Bonchev–Trinajstić information content (AvgIpc) is 2.64. The van der Waals surface area contributed by atoms with E-state index in [0.29, 0.717) is 16.7 Å². The highest BCUT2D eigenvalue weighted by molar-refractivity contribution is 8.01. The summed E-state index contributed by atoms with van der Waals surface area (Å²) in [5.41, 5.74) is 6.62. The fourth-order valence-electron chi connectivity index (χ4n) is 2.07. The molecule has 2 rings (SSSR count). The first-order valence-corrected chi connectivity index (χ1v) is 7.14. The van der Waals surface area contributed by atoms with E-state index in [0.717, 1.165) is 10.8 Å². The summed E-state index contributed by atoms with van der Waals surface area (Å²) in [6, 6.07) is 0.340. The lowest BCUT2D eigenvalue weighted by atomic mass is 9.75. The number of nitrogens with zero attached hydrogens (tertiary/aromatic N) is 1. The molecule has 1 aromatic rings. The fraction of sp³-hybridized carbons (Fsp3) is 0.727. The molecule has 2 atom stereocenters. The van der Waals surface area contributed by atoms with Gasteiger partial charge in [-0.25, -0.2) is 4.98 Å². The lowest BCUT2D eigenvalue weighted by Crippen LogP contribution is -2.41. The number of thioether (sulfide) groups is 1. The van der Waals surface area contributed by atoms with Crippen molar-refractivity contribution in [2.24, 2.45) is 11.1 Å². The van der Waals surface area contributed by atoms with Gasteiger partial charge in [0, 0.05) is 22.9 Å². The van der Waals surface area contributed by atoms with Crippen LogP contribution in [0, 0.1) is 5.41 Å². The zero-order valence-electron chi connectivity index (χ0n) is 9.27. The maximum absolute atomic E-state index is 6.17. The number of aromatic nitrogens is 1. The van der Waals surface area contributed by atoms with Gasteiger partial charge in [0.05, 0.1) is 0 Å². The van der Waals surface area contributed by atoms with Crippen molar-refractivity contribution in [1.29, 1.82) is 0 Å². The van der Waals surface area contributed by atoms with Crippen molar-refractivity contribution in [2.75, 3.05) is 0 Å². The molecule has 1 aliphatic carbocycles. The minimum Gasteiger partial charge on any atom is -0.327 e. The molecule has 2 N–H and O–H groups in total. The molecular formula is C11H18N2S2. The summed E-state index contributed by atoms with van der Waals surface area (Å²) in [5.74, 6) is 0. The first kappa shape index (κ1) is 11.4. The van der Waals surface area contributed by atoms with Gasteiger partial charge in [-0.05, 0) is 24.7 Å². The smallest absolute Gasteiger partial charge is 0.150 e. The second-order valence-electron chi connectivity index (χ2n) is 5.03. The van der Waals surface area contributed by atoms with E-state index in [2.05, 4.69) is 18.8 Å². The standard InChI is InChI=1S/C11H18N2S2/c1-11(2)4-3-8(12)9(7-11)15-10-13-5-6-14-10/h5-6,8-9H,3-4,7,12H2,1-2H3. The van der Waals surface area contributed by atoms with Gasteiger partial charge in [-0.3, -0.25) is 0 Å². The van der Waals surface area contributed by atoms with Gasteiger partial charge < -0.3 is 5.73 Å². The van der Waals surface area contributed by atoms with E-state index >= 15 is 0 Å². The highest BCUT2D eigenvalue weighted by Gasteiger charge is 2.33. The van der Waals surface area contributed by atoms with Crippen LogP contribution in [0.25, 0.3) is 0 Å². The molecule has 2 unspecified atom stereocenters. The second kappa shape index (κ2) is 4.44. The minimum atomic E-state index is 0.340. The summed E-state index contributed by atoms with van der Waals surface area (Å²) in [5, 5.41) is 2.57. The van der Waals surface area contributed by atoms with Gasteiger partial charge in [0.2, 0.25) is 0 Å². The molecule has 2 nitrogen and oxygen atoms in total. The molecule has 15 heavy (non-hydrogen) atoms. The van der Waals surface area contributed by atoms with E-state index < -0.39 is 0 Å². The molecule has 0 amide bonds. The third-order valence-corrected chi connectivity index (χ3v) is 5.32. The molecule has 0 aromatic carbocycles. The van der Waals surface area contributed by atoms with E-state index in [9.17, 15) is 0 Å². The van der Waals surface area contributed by atoms with Crippen LogP contribution in [0.15, 0.2) is 15.9 Å². The summed E-state index contributed by atoms with van der Waals surface area (Å²) in [7, 11) is 0. The molecule has 0 spiro atoms. The van der Waals surface area contributed by atoms with E-state index in [4.69, 9.17) is 5.73 Å². The Morgan fingerprint density at radius 2 is 2.40 bits per heavy atom. The Labute approximate surface area is 99.7 Å². The van der Waals surface area contributed by atoms with Gasteiger partial charge in [-0.1, -0.05) is 25.6 Å². The molecule has 1 fully saturated rings. The van der Waals surface area contributed by atoms with Crippen molar-refractivity contribution in [1.82, 2.24) is 4.98 Å². The van der Waals surface area contributed by atoms with E-state index in [1.807, 2.05) is 23.3 Å². The van der Waals surface area contributed by atoms with Crippen molar-refractivity contribution in [2.45, 2.75) is 48.7 Å². The number of hydrogen-bond acceptors (Lipinski definition) is 4. The lowest BCUT2D eigenvalue weighted by Gasteiger charge is -2.38. The van der Waals surface area contributed by atoms with Gasteiger partial charge in [-0.2, -0.15) is 0 Å². The van der Waals surface area contributed by atoms with Gasteiger partial charge in [-0.15, -0.1) is 11.3 Å². The molecular weight excluding hydrogens is 224 g/mol. The SMILES string of the molecule is CC1(C)CCC(N)C(Sc2nccs2)C1. The topological polar surface area (TPSA) is 38.9 Å². The van der Waals surface area contributed by atoms with E-state index in [-0.39, 0.29) is 0 Å². The van der Waals surface area contributed by atoms with Crippen LogP contribution < -0.4 is 5.73 Å². The Bertz CT molecular complexity index is 308. The van der Waals surface area contributed by atoms with E-state index in [1.54, 1.807) is 11.3 Å². The lowest BCUT2D eigenvalue weighted by molar-refractivity contribution is 0.232. The quantitative estimate of drug-likeness (QED) is 0.866. The number of nitrogens with two attached hydrogens (primary N) is 1. The third kappa shape index (κ3) is 2.95. The van der Waals surface area contributed by atoms with Crippen LogP contribution >= 0.6 is 23.1 Å². The minimum absolute atomic E-state index is 0.340. The van der Waals surface area contributed by atoms with Gasteiger partial charge >= 0.3 is 0 Å². The highest BCUT2D eigenvalue weighted by Crippen LogP contribution is 2.42. The van der Waals surface area contributed by atoms with Crippen LogP contribution in [-0.2, 0) is 0 Å². The zero-order chi connectivity index (χ0) is 10.9. The molecule has 4 heteroatoms. The Morgan fingerprint density at radius 1 is 1.60 bits per heavy atom. The molecule has 0 bridgehead atoms. The first-order chi connectivity index (χ1) is 7.07. The summed E-state index contributed by atoms with van der Waals surface area (Å²) >= 11 is 3.58. The predicted molar refractivity (Wildman–Crippen MR) is 67.4 cm³/mol. The molecule has 1 saturated carbocycles. The Kier molecular flexibility index (Phi) is 3.38. The maximum atomic E-state index is 6.17. The van der Waals surface area contributed by atoms with Gasteiger partial charge in [0.25, 0.3) is 0 Å². The molecule has 0 saturated heterocycles. The maximum Gasteiger partial charge on any atom is 0.150 e. The summed E-state index contributed by atoms with van der Waals surface area (Å²) < 4.78 is 1.16. The molecule has 1 heterocycles. The van der Waals surface area contributed by atoms with Crippen molar-refractivity contribution in [3.05, 3.63) is 11.6 Å². The zero-order valence-corrected chi connectivity index (χ0v) is 10.9. The molecule has 1 aromatic heterocycles. The first-order valence-electron chi connectivity index (χ1n) is 5.39. The van der Waals surface area contributed by atoms with Crippen molar-refractivity contribution < 1.29 is 0 Å². The van der Waals surface area contributed by atoms with Crippen molar-refractivity contribution in [3.8, 4) is 0 Å². The number of rotatable bonds is 2.